The van der Waals surface area contributed by atoms with Crippen molar-refractivity contribution < 1.29 is 9.90 Å². The summed E-state index contributed by atoms with van der Waals surface area (Å²) in [6, 6.07) is 8.91. The lowest BCUT2D eigenvalue weighted by Gasteiger charge is -2.15. The van der Waals surface area contributed by atoms with E-state index in [0.717, 1.165) is 11.4 Å². The number of aromatic nitrogens is 2. The van der Waals surface area contributed by atoms with Crippen LogP contribution in [0, 0.1) is 6.92 Å². The molecule has 1 saturated heterocycles. The lowest BCUT2D eigenvalue weighted by Crippen LogP contribution is -2.33. The van der Waals surface area contributed by atoms with Gasteiger partial charge < -0.3 is 10.0 Å². The third kappa shape index (κ3) is 3.08. The van der Waals surface area contributed by atoms with Crippen LogP contribution in [-0.4, -0.2) is 45.0 Å². The number of benzene rings is 1. The first kappa shape index (κ1) is 14.9. The second-order valence-corrected chi connectivity index (χ2v) is 5.82. The summed E-state index contributed by atoms with van der Waals surface area (Å²) in [5.74, 6) is 0.476. The van der Waals surface area contributed by atoms with E-state index >= 15 is 0 Å². The Hall–Kier alpha value is -2.05. The number of urea groups is 1. The van der Waals surface area contributed by atoms with Crippen molar-refractivity contribution in [1.82, 2.24) is 14.7 Å². The third-order valence-electron chi connectivity index (χ3n) is 3.63. The number of nitrogens with zero attached hydrogens (tertiary/aromatic N) is 3. The van der Waals surface area contributed by atoms with Gasteiger partial charge in [0.15, 0.2) is 5.82 Å². The van der Waals surface area contributed by atoms with Gasteiger partial charge in [0, 0.05) is 29.9 Å². The Morgan fingerprint density at radius 1 is 1.45 bits per heavy atom. The average molecular weight is 321 g/mol. The van der Waals surface area contributed by atoms with E-state index in [1.807, 2.05) is 25.1 Å². The number of aryl methyl sites for hydroxylation is 1. The zero-order chi connectivity index (χ0) is 15.7. The number of amides is 2. The van der Waals surface area contributed by atoms with Crippen LogP contribution in [0.4, 0.5) is 10.6 Å². The predicted octanol–water partition coefficient (Wildman–Crippen LogP) is 2.43. The van der Waals surface area contributed by atoms with Gasteiger partial charge in [0.25, 0.3) is 0 Å². The van der Waals surface area contributed by atoms with Crippen LogP contribution in [0.1, 0.15) is 12.1 Å². The summed E-state index contributed by atoms with van der Waals surface area (Å²) < 4.78 is 1.72. The Morgan fingerprint density at radius 2 is 2.27 bits per heavy atom. The van der Waals surface area contributed by atoms with Crippen LogP contribution in [0.15, 0.2) is 30.3 Å². The molecule has 116 valence electrons. The van der Waals surface area contributed by atoms with E-state index in [4.69, 9.17) is 11.6 Å². The highest BCUT2D eigenvalue weighted by molar-refractivity contribution is 6.30. The van der Waals surface area contributed by atoms with Gasteiger partial charge in [-0.15, -0.1) is 5.10 Å². The summed E-state index contributed by atoms with van der Waals surface area (Å²) in [6.07, 6.45) is 0.181. The van der Waals surface area contributed by atoms with Crippen LogP contribution in [-0.2, 0) is 0 Å². The molecule has 1 aromatic heterocycles. The van der Waals surface area contributed by atoms with Gasteiger partial charge in [-0.1, -0.05) is 17.7 Å². The first-order valence-electron chi connectivity index (χ1n) is 7.09. The molecule has 0 bridgehead atoms. The molecule has 2 heterocycles. The molecule has 22 heavy (non-hydrogen) atoms. The van der Waals surface area contributed by atoms with E-state index in [2.05, 4.69) is 10.4 Å². The number of carbonyl (C=O) groups excluding carboxylic acids is 1. The number of β-amino-alcohol motifs (C(OH)–C–C–N with tert-alkyl or cyclic N) is 1. The summed E-state index contributed by atoms with van der Waals surface area (Å²) in [5.41, 5.74) is 1.72. The summed E-state index contributed by atoms with van der Waals surface area (Å²) in [6.45, 7) is 2.82. The van der Waals surface area contributed by atoms with E-state index < -0.39 is 6.10 Å². The number of anilines is 1. The van der Waals surface area contributed by atoms with Crippen LogP contribution < -0.4 is 5.32 Å². The quantitative estimate of drug-likeness (QED) is 0.893. The molecule has 1 aromatic carbocycles. The standard InChI is InChI=1S/C15H17ClN4O2/c1-10-7-14(17-15(22)19-6-5-13(21)9-19)18-20(10)12-4-2-3-11(16)8-12/h2-4,7-8,13,21H,5-6,9H2,1H3,(H,17,18,22). The van der Waals surface area contributed by atoms with Crippen molar-refractivity contribution >= 4 is 23.4 Å². The Bertz CT molecular complexity index is 701. The van der Waals surface area contributed by atoms with Gasteiger partial charge in [0.05, 0.1) is 11.8 Å². The first-order valence-corrected chi connectivity index (χ1v) is 7.47. The van der Waals surface area contributed by atoms with Crippen LogP contribution in [0.25, 0.3) is 5.69 Å². The third-order valence-corrected chi connectivity index (χ3v) is 3.86. The number of nitrogens with one attached hydrogen (secondary N) is 1. The first-order chi connectivity index (χ1) is 10.5. The van der Waals surface area contributed by atoms with Gasteiger partial charge in [-0.25, -0.2) is 9.48 Å². The fourth-order valence-corrected chi connectivity index (χ4v) is 2.70. The second kappa shape index (κ2) is 5.98. The van der Waals surface area contributed by atoms with Crippen molar-refractivity contribution in [2.24, 2.45) is 0 Å². The molecule has 0 radical (unpaired) electrons. The van der Waals surface area contributed by atoms with Gasteiger partial charge in [0.1, 0.15) is 0 Å². The van der Waals surface area contributed by atoms with E-state index in [1.165, 1.54) is 0 Å². The number of aliphatic hydroxyl groups excluding tert-OH is 1. The van der Waals surface area contributed by atoms with Crippen LogP contribution in [0.3, 0.4) is 0 Å². The Balaban J connectivity index is 1.76. The van der Waals surface area contributed by atoms with Crippen molar-refractivity contribution in [2.75, 3.05) is 18.4 Å². The smallest absolute Gasteiger partial charge is 0.323 e. The number of carbonyl (C=O) groups is 1. The van der Waals surface area contributed by atoms with E-state index in [0.29, 0.717) is 30.4 Å². The van der Waals surface area contributed by atoms with Crippen LogP contribution >= 0.6 is 11.6 Å². The topological polar surface area (TPSA) is 70.4 Å². The van der Waals surface area contributed by atoms with E-state index in [-0.39, 0.29) is 6.03 Å². The average Bonchev–Trinajstić information content (AvgIpc) is 3.05. The highest BCUT2D eigenvalue weighted by Gasteiger charge is 2.25. The molecule has 0 saturated carbocycles. The highest BCUT2D eigenvalue weighted by atomic mass is 35.5. The molecule has 0 aliphatic carbocycles. The van der Waals surface area contributed by atoms with Crippen LogP contribution in [0.2, 0.25) is 5.02 Å². The van der Waals surface area contributed by atoms with Crippen molar-refractivity contribution in [3.8, 4) is 5.69 Å². The molecule has 1 aliphatic heterocycles. The zero-order valence-electron chi connectivity index (χ0n) is 12.2. The summed E-state index contributed by atoms with van der Waals surface area (Å²) in [7, 11) is 0. The molecule has 7 heteroatoms. The molecule has 1 unspecified atom stereocenters. The summed E-state index contributed by atoms with van der Waals surface area (Å²) in [4.78, 5) is 13.7. The number of hydrogen-bond donors (Lipinski definition) is 2. The summed E-state index contributed by atoms with van der Waals surface area (Å²) >= 11 is 6.00. The Morgan fingerprint density at radius 3 is 2.95 bits per heavy atom. The predicted molar refractivity (Wildman–Crippen MR) is 84.5 cm³/mol. The molecule has 1 fully saturated rings. The minimum atomic E-state index is -0.434. The van der Waals surface area contributed by atoms with E-state index in [1.54, 1.807) is 21.7 Å². The zero-order valence-corrected chi connectivity index (χ0v) is 12.9. The monoisotopic (exact) mass is 320 g/mol. The second-order valence-electron chi connectivity index (χ2n) is 5.38. The van der Waals surface area contributed by atoms with Crippen LogP contribution in [0.5, 0.6) is 0 Å². The molecule has 0 spiro atoms. The van der Waals surface area contributed by atoms with Gasteiger partial charge >= 0.3 is 6.03 Å². The number of likely N-dealkylation sites (tertiary alicyclic amines) is 1. The van der Waals surface area contributed by atoms with Crippen molar-refractivity contribution in [3.05, 3.63) is 41.0 Å². The fourth-order valence-electron chi connectivity index (χ4n) is 2.52. The number of hydrogen-bond acceptors (Lipinski definition) is 3. The largest absolute Gasteiger partial charge is 0.391 e. The van der Waals surface area contributed by atoms with Gasteiger partial charge in [-0.3, -0.25) is 5.32 Å². The molecule has 1 aliphatic rings. The molecule has 3 rings (SSSR count). The lowest BCUT2D eigenvalue weighted by molar-refractivity contribution is 0.176. The molecular weight excluding hydrogens is 304 g/mol. The lowest BCUT2D eigenvalue weighted by atomic mass is 10.3. The molecule has 2 amide bonds. The molecule has 2 N–H and O–H groups in total. The SMILES string of the molecule is Cc1cc(NC(=O)N2CCC(O)C2)nn1-c1cccc(Cl)c1. The maximum atomic E-state index is 12.1. The van der Waals surface area contributed by atoms with Gasteiger partial charge in [-0.05, 0) is 31.5 Å². The number of halogens is 1. The van der Waals surface area contributed by atoms with Crippen molar-refractivity contribution in [3.63, 3.8) is 0 Å². The molecule has 1 atom stereocenters. The molecular formula is C15H17ClN4O2. The summed E-state index contributed by atoms with van der Waals surface area (Å²) in [5, 5.41) is 17.3. The molecule has 6 nitrogen and oxygen atoms in total. The minimum Gasteiger partial charge on any atom is -0.391 e. The van der Waals surface area contributed by atoms with Crippen molar-refractivity contribution in [1.29, 1.82) is 0 Å². The maximum absolute atomic E-state index is 12.1. The van der Waals surface area contributed by atoms with E-state index in [9.17, 15) is 9.90 Å². The van der Waals surface area contributed by atoms with Gasteiger partial charge in [0.2, 0.25) is 0 Å². The maximum Gasteiger partial charge on any atom is 0.323 e. The Kier molecular flexibility index (Phi) is 4.04. The molecule has 2 aromatic rings. The minimum absolute atomic E-state index is 0.243. The van der Waals surface area contributed by atoms with Gasteiger partial charge in [-0.2, -0.15) is 0 Å². The number of rotatable bonds is 2. The fraction of sp³-hybridized carbons (Fsp3) is 0.333. The van der Waals surface area contributed by atoms with Crippen molar-refractivity contribution in [2.45, 2.75) is 19.4 Å². The highest BCUT2D eigenvalue weighted by Crippen LogP contribution is 2.19. The normalized spacial score (nSPS) is 17.8. The Labute approximate surface area is 133 Å². The number of aliphatic hydroxyl groups is 1.